The maximum Gasteiger partial charge on any atom is 0.276 e. The molecule has 1 aromatic heterocycles. The van der Waals surface area contributed by atoms with E-state index in [-0.39, 0.29) is 84.2 Å². The predicted octanol–water partition coefficient (Wildman–Crippen LogP) is 2.93. The number of hydrogen-bond donors (Lipinski definition) is 3. The van der Waals surface area contributed by atoms with Crippen molar-refractivity contribution in [3.8, 4) is 0 Å². The number of benzene rings is 1. The molecule has 252 valence electrons. The number of piperazine rings is 1. The molecule has 11 nitrogen and oxygen atoms in total. The molecule has 0 spiro atoms. The predicted molar refractivity (Wildman–Crippen MR) is 173 cm³/mol. The first-order valence-corrected chi connectivity index (χ1v) is 17.6. The van der Waals surface area contributed by atoms with Gasteiger partial charge in [-0.3, -0.25) is 9.59 Å². The van der Waals surface area contributed by atoms with Crippen molar-refractivity contribution < 1.29 is 26.8 Å². The molecule has 1 aromatic carbocycles. The minimum atomic E-state index is -3.82. The number of carbonyl (C=O) groups is 2. The van der Waals surface area contributed by atoms with Crippen molar-refractivity contribution >= 4 is 44.9 Å². The van der Waals surface area contributed by atoms with Gasteiger partial charge in [-0.25, -0.2) is 22.2 Å². The van der Waals surface area contributed by atoms with Crippen LogP contribution >= 0.6 is 11.6 Å². The summed E-state index contributed by atoms with van der Waals surface area (Å²) in [5, 5.41) is 5.87. The Morgan fingerprint density at radius 2 is 1.76 bits per heavy atom. The molecule has 0 radical (unpaired) electrons. The summed E-state index contributed by atoms with van der Waals surface area (Å²) in [5.74, 6) is -4.25. The lowest BCUT2D eigenvalue weighted by Crippen LogP contribution is -2.49. The zero-order valence-electron chi connectivity index (χ0n) is 25.9. The fourth-order valence-electron chi connectivity index (χ4n) is 6.50. The number of aromatic nitrogens is 1. The lowest BCUT2D eigenvalue weighted by Gasteiger charge is -2.36. The van der Waals surface area contributed by atoms with E-state index in [2.05, 4.69) is 15.6 Å². The molecule has 3 aliphatic rings. The summed E-state index contributed by atoms with van der Waals surface area (Å²) in [6, 6.07) is 8.88. The van der Waals surface area contributed by atoms with Gasteiger partial charge in [-0.1, -0.05) is 11.6 Å². The first-order valence-electron chi connectivity index (χ1n) is 15.8. The van der Waals surface area contributed by atoms with E-state index in [0.29, 0.717) is 51.0 Å². The van der Waals surface area contributed by atoms with E-state index in [4.69, 9.17) is 17.3 Å². The topological polar surface area (TPSA) is 141 Å². The number of anilines is 2. The molecule has 2 saturated heterocycles. The Labute approximate surface area is 273 Å². The zero-order valence-corrected chi connectivity index (χ0v) is 27.5. The Kier molecular flexibility index (Phi) is 10.8. The van der Waals surface area contributed by atoms with E-state index >= 15 is 8.78 Å². The van der Waals surface area contributed by atoms with Gasteiger partial charge in [0, 0.05) is 74.8 Å². The standard InChI is InChI=1S/C31H42ClF2N7O4S/c1-36-24-19-29(42)41(20-24)25-7-9-26(10-8-25)46(44,45)40-15-13-39(14-16-40)28-18-23(17-27(32)38-28)31(33,34)22-5-3-21(4-6-22)30(43)37-12-2-11-35/h7-10,17-18,21-22,24,36H,2-6,11-16,19-20,35H2,1H3,(H,37,43)/t21?,22?,24-/m1/s1. The van der Waals surface area contributed by atoms with Crippen LogP contribution in [0.2, 0.25) is 5.15 Å². The molecule has 1 atom stereocenters. The van der Waals surface area contributed by atoms with E-state index < -0.39 is 21.9 Å². The number of nitrogens with two attached hydrogens (primary N) is 1. The highest BCUT2D eigenvalue weighted by Crippen LogP contribution is 2.46. The summed E-state index contributed by atoms with van der Waals surface area (Å²) in [6.45, 7) is 2.23. The first kappa shape index (κ1) is 34.4. The highest BCUT2D eigenvalue weighted by molar-refractivity contribution is 7.89. The van der Waals surface area contributed by atoms with Crippen molar-refractivity contribution in [3.05, 3.63) is 47.1 Å². The van der Waals surface area contributed by atoms with Gasteiger partial charge in [-0.15, -0.1) is 0 Å². The Morgan fingerprint density at radius 3 is 2.37 bits per heavy atom. The van der Waals surface area contributed by atoms with Crippen molar-refractivity contribution in [3.63, 3.8) is 0 Å². The highest BCUT2D eigenvalue weighted by Gasteiger charge is 2.44. The Balaban J connectivity index is 1.20. The smallest absolute Gasteiger partial charge is 0.276 e. The number of nitrogens with one attached hydrogen (secondary N) is 2. The number of nitrogens with zero attached hydrogens (tertiary/aromatic N) is 4. The number of sulfonamides is 1. The molecule has 0 bridgehead atoms. The van der Waals surface area contributed by atoms with Gasteiger partial charge in [-0.2, -0.15) is 4.31 Å². The third-order valence-corrected chi connectivity index (χ3v) is 11.4. The van der Waals surface area contributed by atoms with Crippen LogP contribution in [0, 0.1) is 11.8 Å². The summed E-state index contributed by atoms with van der Waals surface area (Å²) in [5.41, 5.74) is 5.88. The van der Waals surface area contributed by atoms with Crippen LogP contribution in [0.4, 0.5) is 20.3 Å². The first-order chi connectivity index (χ1) is 21.9. The molecule has 1 saturated carbocycles. The van der Waals surface area contributed by atoms with Gasteiger partial charge in [0.15, 0.2) is 0 Å². The van der Waals surface area contributed by atoms with E-state index in [1.165, 1.54) is 28.6 Å². The van der Waals surface area contributed by atoms with Crippen LogP contribution in [0.15, 0.2) is 41.3 Å². The fourth-order valence-corrected chi connectivity index (χ4v) is 8.13. The van der Waals surface area contributed by atoms with Crippen LogP contribution in [-0.4, -0.2) is 88.4 Å². The van der Waals surface area contributed by atoms with E-state index in [1.807, 2.05) is 0 Å². The molecule has 5 rings (SSSR count). The van der Waals surface area contributed by atoms with E-state index in [9.17, 15) is 18.0 Å². The maximum absolute atomic E-state index is 15.8. The molecule has 15 heteroatoms. The number of pyridine rings is 1. The van der Waals surface area contributed by atoms with Gasteiger partial charge >= 0.3 is 0 Å². The van der Waals surface area contributed by atoms with Crippen LogP contribution in [-0.2, 0) is 25.5 Å². The number of halogens is 3. The minimum Gasteiger partial charge on any atom is -0.356 e. The lowest BCUT2D eigenvalue weighted by atomic mass is 9.77. The second-order valence-corrected chi connectivity index (χ2v) is 14.5. The summed E-state index contributed by atoms with van der Waals surface area (Å²) >= 11 is 6.24. The van der Waals surface area contributed by atoms with Crippen LogP contribution < -0.4 is 26.2 Å². The van der Waals surface area contributed by atoms with Crippen molar-refractivity contribution in [1.29, 1.82) is 0 Å². The Morgan fingerprint density at radius 1 is 1.09 bits per heavy atom. The average molecular weight is 682 g/mol. The molecular formula is C31H42ClF2N7O4S. The Bertz CT molecular complexity index is 1500. The normalized spacial score (nSPS) is 23.2. The highest BCUT2D eigenvalue weighted by atomic mass is 35.5. The molecule has 2 aromatic rings. The fraction of sp³-hybridized carbons (Fsp3) is 0.581. The minimum absolute atomic E-state index is 0.0206. The van der Waals surface area contributed by atoms with Crippen LogP contribution in [0.1, 0.15) is 44.1 Å². The van der Waals surface area contributed by atoms with Crippen molar-refractivity contribution in [2.24, 2.45) is 17.6 Å². The number of likely N-dealkylation sites (N-methyl/N-ethyl adjacent to an activating group) is 1. The molecule has 2 amide bonds. The molecule has 2 aliphatic heterocycles. The largest absolute Gasteiger partial charge is 0.356 e. The Hall–Kier alpha value is -2.91. The molecule has 0 unspecified atom stereocenters. The molecule has 4 N–H and O–H groups in total. The number of alkyl halides is 2. The second-order valence-electron chi connectivity index (χ2n) is 12.2. The molecule has 3 fully saturated rings. The van der Waals surface area contributed by atoms with Gasteiger partial charge in [0.2, 0.25) is 21.8 Å². The van der Waals surface area contributed by atoms with Gasteiger partial charge in [0.25, 0.3) is 5.92 Å². The van der Waals surface area contributed by atoms with Crippen LogP contribution in [0.5, 0.6) is 0 Å². The zero-order chi connectivity index (χ0) is 33.1. The van der Waals surface area contributed by atoms with Gasteiger partial charge in [0.1, 0.15) is 11.0 Å². The van der Waals surface area contributed by atoms with E-state index in [1.54, 1.807) is 29.0 Å². The monoisotopic (exact) mass is 681 g/mol. The second kappa shape index (κ2) is 14.5. The third-order valence-electron chi connectivity index (χ3n) is 9.34. The number of carbonyl (C=O) groups excluding carboxylic acids is 2. The number of rotatable bonds is 11. The number of amides is 2. The van der Waals surface area contributed by atoms with Crippen molar-refractivity contribution in [2.75, 3.05) is 62.7 Å². The molecule has 3 heterocycles. The molecule has 46 heavy (non-hydrogen) atoms. The van der Waals surface area contributed by atoms with Crippen LogP contribution in [0.25, 0.3) is 0 Å². The average Bonchev–Trinajstić information content (AvgIpc) is 3.45. The van der Waals surface area contributed by atoms with Crippen molar-refractivity contribution in [1.82, 2.24) is 19.9 Å². The number of hydrogen-bond acceptors (Lipinski definition) is 8. The summed E-state index contributed by atoms with van der Waals surface area (Å²) in [6.07, 6.45) is 2.24. The van der Waals surface area contributed by atoms with Gasteiger partial charge in [0.05, 0.1) is 4.90 Å². The quantitative estimate of drug-likeness (QED) is 0.243. The SMILES string of the molecule is CN[C@@H]1CC(=O)N(c2ccc(S(=O)(=O)N3CCN(c4cc(C(F)(F)C5CCC(C(=O)NCCCN)CC5)cc(Cl)n4)CC3)cc2)C1. The summed E-state index contributed by atoms with van der Waals surface area (Å²) in [4.78, 5) is 32.6. The van der Waals surface area contributed by atoms with Crippen molar-refractivity contribution in [2.45, 2.75) is 55.4 Å². The lowest BCUT2D eigenvalue weighted by molar-refractivity contribution is -0.129. The maximum atomic E-state index is 15.8. The van der Waals surface area contributed by atoms with Gasteiger partial charge < -0.3 is 26.2 Å². The van der Waals surface area contributed by atoms with Crippen LogP contribution in [0.3, 0.4) is 0 Å². The van der Waals surface area contributed by atoms with E-state index in [0.717, 1.165) is 0 Å². The molecule has 1 aliphatic carbocycles. The molecular weight excluding hydrogens is 640 g/mol. The summed E-state index contributed by atoms with van der Waals surface area (Å²) in [7, 11) is -2.02. The van der Waals surface area contributed by atoms with Gasteiger partial charge in [-0.05, 0) is 82.1 Å². The summed E-state index contributed by atoms with van der Waals surface area (Å²) < 4.78 is 59.8. The third kappa shape index (κ3) is 7.46.